The number of nitrogens with one attached hydrogen (secondary N) is 1. The fraction of sp³-hybridized carbons (Fsp3) is 0.389. The Labute approximate surface area is 130 Å². The number of amides is 1. The predicted molar refractivity (Wildman–Crippen MR) is 83.3 cm³/mol. The van der Waals surface area contributed by atoms with Crippen molar-refractivity contribution in [3.05, 3.63) is 60.1 Å². The second-order valence-electron chi connectivity index (χ2n) is 6.13. The van der Waals surface area contributed by atoms with Crippen LogP contribution in [0.3, 0.4) is 0 Å². The summed E-state index contributed by atoms with van der Waals surface area (Å²) in [6, 6.07) is 14.3. The second kappa shape index (κ2) is 5.61. The number of likely N-dealkylation sites (tertiary alicyclic amines) is 1. The number of hydrogen-bond donors (Lipinski definition) is 1. The highest BCUT2D eigenvalue weighted by Crippen LogP contribution is 2.32. The first-order valence-electron chi connectivity index (χ1n) is 7.98. The lowest BCUT2D eigenvalue weighted by Crippen LogP contribution is -2.41. The van der Waals surface area contributed by atoms with Gasteiger partial charge >= 0.3 is 0 Å². The highest BCUT2D eigenvalue weighted by Gasteiger charge is 2.41. The number of rotatable bonds is 5. The molecule has 1 aromatic heterocycles. The second-order valence-corrected chi connectivity index (χ2v) is 6.13. The Hall–Kier alpha value is -2.07. The molecule has 1 aliphatic heterocycles. The van der Waals surface area contributed by atoms with Gasteiger partial charge in [-0.25, -0.2) is 0 Å². The molecule has 4 heteroatoms. The summed E-state index contributed by atoms with van der Waals surface area (Å²) in [7, 11) is 0. The van der Waals surface area contributed by atoms with Crippen molar-refractivity contribution in [1.29, 1.82) is 0 Å². The summed E-state index contributed by atoms with van der Waals surface area (Å²) < 4.78 is 5.59. The molecule has 2 aromatic rings. The van der Waals surface area contributed by atoms with Crippen LogP contribution in [0.5, 0.6) is 0 Å². The summed E-state index contributed by atoms with van der Waals surface area (Å²) in [6.45, 7) is 0.876. The Bertz CT molecular complexity index is 634. The lowest BCUT2D eigenvalue weighted by molar-refractivity contribution is -0.130. The third-order valence-electron chi connectivity index (χ3n) is 4.56. The molecule has 0 radical (unpaired) electrons. The van der Waals surface area contributed by atoms with Crippen LogP contribution < -0.4 is 5.32 Å². The maximum Gasteiger partial charge on any atom is 0.240 e. The zero-order chi connectivity index (χ0) is 14.9. The SMILES string of the molecule is O=C1C(NC(c2ccccc2)c2ccco2)CCN1C1CC1. The summed E-state index contributed by atoms with van der Waals surface area (Å²) in [5.74, 6) is 1.10. The maximum absolute atomic E-state index is 12.6. The fourth-order valence-corrected chi connectivity index (χ4v) is 3.25. The van der Waals surface area contributed by atoms with E-state index in [9.17, 15) is 4.79 Å². The Morgan fingerprint density at radius 2 is 1.91 bits per heavy atom. The first-order valence-corrected chi connectivity index (χ1v) is 7.98. The molecule has 2 atom stereocenters. The molecule has 0 spiro atoms. The van der Waals surface area contributed by atoms with Gasteiger partial charge in [-0.3, -0.25) is 10.1 Å². The molecule has 2 heterocycles. The van der Waals surface area contributed by atoms with Gasteiger partial charge in [0.2, 0.25) is 5.91 Å². The minimum atomic E-state index is -0.115. The van der Waals surface area contributed by atoms with Gasteiger partial charge < -0.3 is 9.32 Å². The topological polar surface area (TPSA) is 45.5 Å². The van der Waals surface area contributed by atoms with Crippen molar-refractivity contribution in [2.75, 3.05) is 6.54 Å². The molecule has 1 aliphatic carbocycles. The summed E-state index contributed by atoms with van der Waals surface area (Å²) >= 11 is 0. The van der Waals surface area contributed by atoms with E-state index in [4.69, 9.17) is 4.42 Å². The van der Waals surface area contributed by atoms with E-state index in [0.29, 0.717) is 6.04 Å². The van der Waals surface area contributed by atoms with Crippen molar-refractivity contribution in [2.24, 2.45) is 0 Å². The molecule has 1 amide bonds. The van der Waals surface area contributed by atoms with Gasteiger partial charge in [0, 0.05) is 12.6 Å². The molecule has 2 fully saturated rings. The molecule has 114 valence electrons. The van der Waals surface area contributed by atoms with Gasteiger partial charge in [0.1, 0.15) is 5.76 Å². The maximum atomic E-state index is 12.6. The summed E-state index contributed by atoms with van der Waals surface area (Å²) in [4.78, 5) is 14.6. The number of carbonyl (C=O) groups excluding carboxylic acids is 1. The Morgan fingerprint density at radius 3 is 2.59 bits per heavy atom. The van der Waals surface area contributed by atoms with Crippen molar-refractivity contribution in [3.63, 3.8) is 0 Å². The zero-order valence-electron chi connectivity index (χ0n) is 12.4. The van der Waals surface area contributed by atoms with Crippen LogP contribution in [0.2, 0.25) is 0 Å². The van der Waals surface area contributed by atoms with Gasteiger partial charge in [0.25, 0.3) is 0 Å². The smallest absolute Gasteiger partial charge is 0.240 e. The average molecular weight is 296 g/mol. The Morgan fingerprint density at radius 1 is 1.09 bits per heavy atom. The molecule has 1 saturated heterocycles. The standard InChI is InChI=1S/C18H20N2O2/c21-18-15(10-11-20(18)14-8-9-14)19-17(16-7-4-12-22-16)13-5-2-1-3-6-13/h1-7,12,14-15,17,19H,8-11H2. The van der Waals surface area contributed by atoms with E-state index in [1.54, 1.807) is 6.26 Å². The molecule has 1 N–H and O–H groups in total. The molecule has 1 aromatic carbocycles. The van der Waals surface area contributed by atoms with Gasteiger partial charge in [0.05, 0.1) is 18.3 Å². The molecule has 4 nitrogen and oxygen atoms in total. The number of hydrogen-bond acceptors (Lipinski definition) is 3. The summed E-state index contributed by atoms with van der Waals surface area (Å²) in [5.41, 5.74) is 1.12. The molecule has 2 aliphatic rings. The van der Waals surface area contributed by atoms with Crippen LogP contribution >= 0.6 is 0 Å². The number of carbonyl (C=O) groups is 1. The van der Waals surface area contributed by atoms with E-state index < -0.39 is 0 Å². The third kappa shape index (κ3) is 2.55. The highest BCUT2D eigenvalue weighted by atomic mass is 16.3. The Balaban J connectivity index is 1.56. The van der Waals surface area contributed by atoms with Gasteiger partial charge in [-0.15, -0.1) is 0 Å². The van der Waals surface area contributed by atoms with E-state index in [2.05, 4.69) is 17.4 Å². The number of benzene rings is 1. The van der Waals surface area contributed by atoms with Crippen molar-refractivity contribution in [1.82, 2.24) is 10.2 Å². The number of furan rings is 1. The minimum absolute atomic E-state index is 0.0793. The molecule has 0 bridgehead atoms. The first kappa shape index (κ1) is 13.6. The molecule has 2 unspecified atom stereocenters. The van der Waals surface area contributed by atoms with Crippen molar-refractivity contribution >= 4 is 5.91 Å². The van der Waals surface area contributed by atoms with Gasteiger partial charge in [-0.1, -0.05) is 30.3 Å². The number of nitrogens with zero attached hydrogens (tertiary/aromatic N) is 1. The average Bonchev–Trinajstić information content (AvgIpc) is 3.12. The first-order chi connectivity index (χ1) is 10.8. The van der Waals surface area contributed by atoms with E-state index in [-0.39, 0.29) is 18.0 Å². The monoisotopic (exact) mass is 296 g/mol. The van der Waals surface area contributed by atoms with Crippen molar-refractivity contribution in [2.45, 2.75) is 37.4 Å². The quantitative estimate of drug-likeness (QED) is 0.922. The van der Waals surface area contributed by atoms with Gasteiger partial charge in [-0.05, 0) is 37.0 Å². The van der Waals surface area contributed by atoms with Gasteiger partial charge in [0.15, 0.2) is 0 Å². The largest absolute Gasteiger partial charge is 0.467 e. The van der Waals surface area contributed by atoms with Crippen LogP contribution in [0.1, 0.15) is 36.6 Å². The van der Waals surface area contributed by atoms with Crippen LogP contribution in [0, 0.1) is 0 Å². The molecule has 4 rings (SSSR count). The summed E-state index contributed by atoms with van der Waals surface area (Å²) in [6.07, 6.45) is 4.89. The van der Waals surface area contributed by atoms with Crippen molar-refractivity contribution < 1.29 is 9.21 Å². The van der Waals surface area contributed by atoms with Crippen LogP contribution in [0.4, 0.5) is 0 Å². The van der Waals surface area contributed by atoms with Crippen LogP contribution in [-0.2, 0) is 4.79 Å². The molecule has 1 saturated carbocycles. The van der Waals surface area contributed by atoms with Crippen LogP contribution in [-0.4, -0.2) is 29.4 Å². The van der Waals surface area contributed by atoms with E-state index in [1.165, 1.54) is 12.8 Å². The molecule has 22 heavy (non-hydrogen) atoms. The van der Waals surface area contributed by atoms with Crippen LogP contribution in [0.25, 0.3) is 0 Å². The molecular formula is C18H20N2O2. The van der Waals surface area contributed by atoms with Crippen molar-refractivity contribution in [3.8, 4) is 0 Å². The van der Waals surface area contributed by atoms with E-state index in [1.807, 2.05) is 35.2 Å². The van der Waals surface area contributed by atoms with E-state index in [0.717, 1.165) is 24.3 Å². The van der Waals surface area contributed by atoms with Crippen LogP contribution in [0.15, 0.2) is 53.1 Å². The van der Waals surface area contributed by atoms with Gasteiger partial charge in [-0.2, -0.15) is 0 Å². The summed E-state index contributed by atoms with van der Waals surface area (Å²) in [5, 5.41) is 3.51. The lowest BCUT2D eigenvalue weighted by Gasteiger charge is -2.22. The third-order valence-corrected chi connectivity index (χ3v) is 4.56. The predicted octanol–water partition coefficient (Wildman–Crippen LogP) is 2.72. The highest BCUT2D eigenvalue weighted by molar-refractivity contribution is 5.84. The van der Waals surface area contributed by atoms with E-state index >= 15 is 0 Å². The fourth-order valence-electron chi connectivity index (χ4n) is 3.25. The molecular weight excluding hydrogens is 276 g/mol. The minimum Gasteiger partial charge on any atom is -0.467 e. The lowest BCUT2D eigenvalue weighted by atomic mass is 10.0. The normalized spacial score (nSPS) is 23.0. The Kier molecular flexibility index (Phi) is 3.47. The zero-order valence-corrected chi connectivity index (χ0v) is 12.4.